The molecule has 0 aliphatic heterocycles. The number of rotatable bonds is 7. The van der Waals surface area contributed by atoms with E-state index in [2.05, 4.69) is 42.2 Å². The summed E-state index contributed by atoms with van der Waals surface area (Å²) in [5.41, 5.74) is 2.70. The average Bonchev–Trinajstić information content (AvgIpc) is 2.52. The Morgan fingerprint density at radius 1 is 1.25 bits per heavy atom. The molecule has 1 aliphatic rings. The van der Waals surface area contributed by atoms with Gasteiger partial charge < -0.3 is 10.1 Å². The van der Waals surface area contributed by atoms with Crippen LogP contribution in [-0.2, 0) is 12.3 Å². The van der Waals surface area contributed by atoms with Crippen molar-refractivity contribution in [2.45, 2.75) is 56.6 Å². The van der Waals surface area contributed by atoms with Gasteiger partial charge in [0.05, 0.1) is 7.11 Å². The van der Waals surface area contributed by atoms with Crippen molar-refractivity contribution >= 4 is 11.8 Å². The molecule has 0 amide bonds. The molecule has 0 aromatic heterocycles. The van der Waals surface area contributed by atoms with Crippen LogP contribution in [0.25, 0.3) is 0 Å². The van der Waals surface area contributed by atoms with E-state index in [0.29, 0.717) is 0 Å². The summed E-state index contributed by atoms with van der Waals surface area (Å²) in [6, 6.07) is 6.58. The maximum Gasteiger partial charge on any atom is 0.122 e. The van der Waals surface area contributed by atoms with Gasteiger partial charge in [0.25, 0.3) is 0 Å². The summed E-state index contributed by atoms with van der Waals surface area (Å²) in [5.74, 6) is 2.11. The fraction of sp³-hybridized carbons (Fsp3) is 0.647. The molecule has 3 heteroatoms. The summed E-state index contributed by atoms with van der Waals surface area (Å²) >= 11 is 2.11. The lowest BCUT2D eigenvalue weighted by atomic mass is 10.0. The van der Waals surface area contributed by atoms with E-state index in [1.807, 2.05) is 0 Å². The first kappa shape index (κ1) is 15.7. The van der Waals surface area contributed by atoms with Crippen LogP contribution in [0.2, 0.25) is 0 Å². The van der Waals surface area contributed by atoms with E-state index >= 15 is 0 Å². The highest BCUT2D eigenvalue weighted by Gasteiger charge is 2.15. The van der Waals surface area contributed by atoms with Gasteiger partial charge in [-0.15, -0.1) is 0 Å². The summed E-state index contributed by atoms with van der Waals surface area (Å²) in [6.45, 7) is 4.10. The lowest BCUT2D eigenvalue weighted by Gasteiger charge is -2.21. The topological polar surface area (TPSA) is 21.3 Å². The van der Waals surface area contributed by atoms with Crippen LogP contribution < -0.4 is 10.1 Å². The Hall–Kier alpha value is -0.670. The lowest BCUT2D eigenvalue weighted by Crippen LogP contribution is -2.12. The number of benzene rings is 1. The molecule has 20 heavy (non-hydrogen) atoms. The molecule has 1 N–H and O–H groups in total. The van der Waals surface area contributed by atoms with Gasteiger partial charge in [-0.1, -0.05) is 32.3 Å². The molecule has 2 rings (SSSR count). The Labute approximate surface area is 127 Å². The average molecular weight is 293 g/mol. The SMILES string of the molecule is CCNCc1ccc(OC)c(CSC2CCCCC2)c1. The van der Waals surface area contributed by atoms with Crippen LogP contribution >= 0.6 is 11.8 Å². The van der Waals surface area contributed by atoms with Gasteiger partial charge in [-0.25, -0.2) is 0 Å². The summed E-state index contributed by atoms with van der Waals surface area (Å²) in [5, 5.41) is 4.24. The van der Waals surface area contributed by atoms with Gasteiger partial charge in [0.2, 0.25) is 0 Å². The fourth-order valence-corrected chi connectivity index (χ4v) is 4.07. The van der Waals surface area contributed by atoms with Gasteiger partial charge >= 0.3 is 0 Å². The predicted molar refractivity (Wildman–Crippen MR) is 88.5 cm³/mol. The van der Waals surface area contributed by atoms with Crippen LogP contribution in [0.1, 0.15) is 50.2 Å². The van der Waals surface area contributed by atoms with E-state index < -0.39 is 0 Å². The Morgan fingerprint density at radius 2 is 2.05 bits per heavy atom. The van der Waals surface area contributed by atoms with Crippen molar-refractivity contribution in [3.05, 3.63) is 29.3 Å². The van der Waals surface area contributed by atoms with Crippen LogP contribution in [-0.4, -0.2) is 18.9 Å². The monoisotopic (exact) mass is 293 g/mol. The second-order valence-electron chi connectivity index (χ2n) is 5.50. The molecule has 0 spiro atoms. The molecule has 0 heterocycles. The zero-order valence-electron chi connectivity index (χ0n) is 12.8. The van der Waals surface area contributed by atoms with Gasteiger partial charge in [-0.3, -0.25) is 0 Å². The highest BCUT2D eigenvalue weighted by Crippen LogP contribution is 2.33. The van der Waals surface area contributed by atoms with E-state index in [4.69, 9.17) is 4.74 Å². The first-order valence-electron chi connectivity index (χ1n) is 7.81. The Kier molecular flexibility index (Phi) is 6.74. The van der Waals surface area contributed by atoms with Crippen molar-refractivity contribution in [3.8, 4) is 5.75 Å². The third-order valence-corrected chi connectivity index (χ3v) is 5.37. The van der Waals surface area contributed by atoms with Crippen LogP contribution in [0, 0.1) is 0 Å². The Balaban J connectivity index is 1.96. The van der Waals surface area contributed by atoms with E-state index in [1.165, 1.54) is 43.2 Å². The van der Waals surface area contributed by atoms with Gasteiger partial charge in [0, 0.05) is 23.1 Å². The Bertz CT molecular complexity index is 402. The predicted octanol–water partition coefficient (Wildman–Crippen LogP) is 4.37. The van der Waals surface area contributed by atoms with Crippen molar-refractivity contribution in [2.24, 2.45) is 0 Å². The zero-order valence-corrected chi connectivity index (χ0v) is 13.6. The molecule has 0 radical (unpaired) electrons. The van der Waals surface area contributed by atoms with Gasteiger partial charge in [-0.2, -0.15) is 11.8 Å². The van der Waals surface area contributed by atoms with E-state index in [1.54, 1.807) is 7.11 Å². The number of nitrogens with one attached hydrogen (secondary N) is 1. The number of hydrogen-bond acceptors (Lipinski definition) is 3. The van der Waals surface area contributed by atoms with Gasteiger partial charge in [0.15, 0.2) is 0 Å². The zero-order chi connectivity index (χ0) is 14.2. The van der Waals surface area contributed by atoms with Crippen molar-refractivity contribution < 1.29 is 4.74 Å². The number of thioether (sulfide) groups is 1. The van der Waals surface area contributed by atoms with Crippen molar-refractivity contribution in [3.63, 3.8) is 0 Å². The molecular formula is C17H27NOS. The molecule has 0 atom stereocenters. The fourth-order valence-electron chi connectivity index (χ4n) is 2.76. The minimum atomic E-state index is 0.853. The largest absolute Gasteiger partial charge is 0.496 e. The molecule has 2 nitrogen and oxygen atoms in total. The molecule has 0 unspecified atom stereocenters. The summed E-state index contributed by atoms with van der Waals surface area (Å²) in [4.78, 5) is 0. The van der Waals surface area contributed by atoms with Crippen molar-refractivity contribution in [1.29, 1.82) is 0 Å². The quantitative estimate of drug-likeness (QED) is 0.806. The summed E-state index contributed by atoms with van der Waals surface area (Å²) < 4.78 is 5.51. The minimum absolute atomic E-state index is 0.853. The van der Waals surface area contributed by atoms with Crippen LogP contribution in [0.5, 0.6) is 5.75 Å². The minimum Gasteiger partial charge on any atom is -0.496 e. The highest BCUT2D eigenvalue weighted by molar-refractivity contribution is 7.99. The molecule has 1 saturated carbocycles. The Morgan fingerprint density at radius 3 is 2.75 bits per heavy atom. The number of hydrogen-bond donors (Lipinski definition) is 1. The maximum atomic E-state index is 5.51. The molecule has 112 valence electrons. The standard InChI is InChI=1S/C17H27NOS/c1-3-18-12-14-9-10-17(19-2)15(11-14)13-20-16-7-5-4-6-8-16/h9-11,16,18H,3-8,12-13H2,1-2H3. The lowest BCUT2D eigenvalue weighted by molar-refractivity contribution is 0.411. The van der Waals surface area contributed by atoms with Crippen LogP contribution in [0.4, 0.5) is 0 Å². The number of ether oxygens (including phenoxy) is 1. The molecule has 1 fully saturated rings. The number of methoxy groups -OCH3 is 1. The molecular weight excluding hydrogens is 266 g/mol. The van der Waals surface area contributed by atoms with Crippen molar-refractivity contribution in [2.75, 3.05) is 13.7 Å². The maximum absolute atomic E-state index is 5.51. The normalized spacial score (nSPS) is 16.3. The van der Waals surface area contributed by atoms with Crippen LogP contribution in [0.15, 0.2) is 18.2 Å². The second-order valence-corrected chi connectivity index (χ2v) is 6.79. The van der Waals surface area contributed by atoms with Gasteiger partial charge in [-0.05, 0) is 37.1 Å². The summed E-state index contributed by atoms with van der Waals surface area (Å²) in [6.07, 6.45) is 7.04. The molecule has 1 aliphatic carbocycles. The first-order valence-corrected chi connectivity index (χ1v) is 8.86. The van der Waals surface area contributed by atoms with Crippen molar-refractivity contribution in [1.82, 2.24) is 5.32 Å². The summed E-state index contributed by atoms with van der Waals surface area (Å²) in [7, 11) is 1.77. The van der Waals surface area contributed by atoms with Gasteiger partial charge in [0.1, 0.15) is 5.75 Å². The molecule has 1 aromatic carbocycles. The van der Waals surface area contributed by atoms with E-state index in [9.17, 15) is 0 Å². The second kappa shape index (κ2) is 8.58. The first-order chi connectivity index (χ1) is 9.83. The van der Waals surface area contributed by atoms with E-state index in [-0.39, 0.29) is 0 Å². The smallest absolute Gasteiger partial charge is 0.122 e. The molecule has 1 aromatic rings. The third kappa shape index (κ3) is 4.71. The molecule has 0 bridgehead atoms. The van der Waals surface area contributed by atoms with E-state index in [0.717, 1.165) is 29.8 Å². The van der Waals surface area contributed by atoms with Crippen LogP contribution in [0.3, 0.4) is 0 Å². The third-order valence-electron chi connectivity index (χ3n) is 3.95. The molecule has 0 saturated heterocycles. The highest BCUT2D eigenvalue weighted by atomic mass is 32.2.